The maximum absolute atomic E-state index is 11.1. The fourth-order valence-electron chi connectivity index (χ4n) is 1.25. The van der Waals surface area contributed by atoms with Crippen LogP contribution in [0.15, 0.2) is 30.3 Å². The van der Waals surface area contributed by atoms with Gasteiger partial charge in [0.1, 0.15) is 6.35 Å². The molecule has 0 aliphatic rings. The number of aliphatic hydroxyl groups is 1. The predicted molar refractivity (Wildman–Crippen MR) is 62.5 cm³/mol. The van der Waals surface area contributed by atoms with E-state index in [4.69, 9.17) is 14.7 Å². The summed E-state index contributed by atoms with van der Waals surface area (Å²) >= 11 is 0. The van der Waals surface area contributed by atoms with Crippen molar-refractivity contribution in [2.24, 2.45) is 0 Å². The average Bonchev–Trinajstić information content (AvgIpc) is 2.30. The first-order valence-electron chi connectivity index (χ1n) is 5.17. The number of benzene rings is 1. The van der Waals surface area contributed by atoms with Crippen LogP contribution in [0.5, 0.6) is 0 Å². The van der Waals surface area contributed by atoms with Crippen LogP contribution in [-0.4, -0.2) is 29.1 Å². The van der Waals surface area contributed by atoms with Gasteiger partial charge in [-0.3, -0.25) is 4.57 Å². The topological polar surface area (TPSA) is 66.8 Å². The molecule has 0 aliphatic heterocycles. The van der Waals surface area contributed by atoms with Crippen molar-refractivity contribution in [3.8, 4) is 0 Å². The van der Waals surface area contributed by atoms with E-state index >= 15 is 0 Å². The largest absolute Gasteiger partial charge is 0.386 e. The second-order valence-electron chi connectivity index (χ2n) is 3.60. The molecular formula is C11H17O4P. The Morgan fingerprint density at radius 1 is 1.25 bits per heavy atom. The van der Waals surface area contributed by atoms with Crippen molar-refractivity contribution in [3.05, 3.63) is 35.9 Å². The lowest BCUT2D eigenvalue weighted by molar-refractivity contribution is 0.121. The molecule has 0 radical (unpaired) electrons. The highest BCUT2D eigenvalue weighted by molar-refractivity contribution is 7.57. The van der Waals surface area contributed by atoms with E-state index in [2.05, 4.69) is 0 Å². The van der Waals surface area contributed by atoms with E-state index < -0.39 is 13.7 Å². The Kier molecular flexibility index (Phi) is 5.71. The third-order valence-electron chi connectivity index (χ3n) is 2.13. The van der Waals surface area contributed by atoms with Crippen molar-refractivity contribution in [2.45, 2.75) is 13.0 Å². The number of hydrogen-bond donors (Lipinski definition) is 2. The van der Waals surface area contributed by atoms with E-state index in [1.165, 1.54) is 0 Å². The van der Waals surface area contributed by atoms with Gasteiger partial charge in [0.15, 0.2) is 0 Å². The minimum atomic E-state index is -3.31. The molecule has 0 saturated heterocycles. The maximum atomic E-state index is 11.1. The van der Waals surface area contributed by atoms with Crippen molar-refractivity contribution in [1.82, 2.24) is 0 Å². The lowest BCUT2D eigenvalue weighted by Crippen LogP contribution is -2.00. The molecule has 2 N–H and O–H groups in total. The zero-order valence-corrected chi connectivity index (χ0v) is 9.97. The molecule has 1 rings (SSSR count). The normalized spacial score (nSPS) is 14.6. The minimum Gasteiger partial charge on any atom is -0.386 e. The number of aliphatic hydroxyl groups excluding tert-OH is 1. The molecule has 16 heavy (non-hydrogen) atoms. The van der Waals surface area contributed by atoms with Gasteiger partial charge in [-0.25, -0.2) is 0 Å². The third kappa shape index (κ3) is 5.42. The Balaban J connectivity index is 2.11. The van der Waals surface area contributed by atoms with Crippen LogP contribution in [0, 0.1) is 0 Å². The Bertz CT molecular complexity index is 339. The summed E-state index contributed by atoms with van der Waals surface area (Å²) in [7, 11) is -3.31. The van der Waals surface area contributed by atoms with Gasteiger partial charge in [0.25, 0.3) is 0 Å². The second-order valence-corrected chi connectivity index (χ2v) is 6.03. The van der Waals surface area contributed by atoms with Gasteiger partial charge >= 0.3 is 0 Å². The first-order chi connectivity index (χ1) is 7.64. The fourth-order valence-corrected chi connectivity index (χ4v) is 2.01. The van der Waals surface area contributed by atoms with Crippen molar-refractivity contribution < 1.29 is 19.3 Å². The molecule has 0 aliphatic carbocycles. The predicted octanol–water partition coefficient (Wildman–Crippen LogP) is 1.81. The van der Waals surface area contributed by atoms with Crippen LogP contribution in [0.2, 0.25) is 0 Å². The van der Waals surface area contributed by atoms with E-state index in [1.54, 1.807) is 0 Å². The summed E-state index contributed by atoms with van der Waals surface area (Å²) in [4.78, 5) is 9.09. The number of ether oxygens (including phenoxy) is 1. The number of hydrogen-bond acceptors (Lipinski definition) is 3. The van der Waals surface area contributed by atoms with Gasteiger partial charge in [-0.15, -0.1) is 0 Å². The van der Waals surface area contributed by atoms with E-state index in [0.717, 1.165) is 5.56 Å². The molecule has 0 bridgehead atoms. The van der Waals surface area contributed by atoms with Gasteiger partial charge in [-0.05, 0) is 12.0 Å². The molecule has 1 unspecified atom stereocenters. The Labute approximate surface area is 95.3 Å². The SMILES string of the molecule is O=P(O)(CO)CCCOCc1ccccc1. The molecule has 0 saturated carbocycles. The van der Waals surface area contributed by atoms with Crippen LogP contribution in [0.1, 0.15) is 12.0 Å². The summed E-state index contributed by atoms with van der Waals surface area (Å²) in [6.45, 7) is 0.940. The summed E-state index contributed by atoms with van der Waals surface area (Å²) in [5.41, 5.74) is 1.08. The zero-order chi connectivity index (χ0) is 11.9. The molecule has 0 spiro atoms. The molecule has 0 fully saturated rings. The second kappa shape index (κ2) is 6.81. The summed E-state index contributed by atoms with van der Waals surface area (Å²) in [5.74, 6) is 0. The van der Waals surface area contributed by atoms with Crippen molar-refractivity contribution >= 4 is 7.37 Å². The molecule has 0 heterocycles. The molecule has 5 heteroatoms. The molecule has 0 aromatic heterocycles. The fraction of sp³-hybridized carbons (Fsp3) is 0.455. The highest BCUT2D eigenvalue weighted by Crippen LogP contribution is 2.39. The molecule has 1 aromatic rings. The van der Waals surface area contributed by atoms with Crippen LogP contribution in [0.25, 0.3) is 0 Å². The van der Waals surface area contributed by atoms with Crippen LogP contribution in [0.4, 0.5) is 0 Å². The Hall–Kier alpha value is -0.670. The molecule has 4 nitrogen and oxygen atoms in total. The lowest BCUT2D eigenvalue weighted by atomic mass is 10.2. The molecular weight excluding hydrogens is 227 g/mol. The molecule has 0 amide bonds. The Morgan fingerprint density at radius 2 is 1.94 bits per heavy atom. The summed E-state index contributed by atoms with van der Waals surface area (Å²) in [6.07, 6.45) is -0.0505. The maximum Gasteiger partial charge on any atom is 0.225 e. The van der Waals surface area contributed by atoms with E-state index in [0.29, 0.717) is 19.6 Å². The monoisotopic (exact) mass is 244 g/mol. The third-order valence-corrected chi connectivity index (χ3v) is 3.59. The van der Waals surface area contributed by atoms with Gasteiger partial charge in [-0.1, -0.05) is 30.3 Å². The smallest absolute Gasteiger partial charge is 0.225 e. The minimum absolute atomic E-state index is 0.109. The zero-order valence-electron chi connectivity index (χ0n) is 9.08. The first-order valence-corrected chi connectivity index (χ1v) is 7.20. The summed E-state index contributed by atoms with van der Waals surface area (Å²) in [6, 6.07) is 9.74. The van der Waals surface area contributed by atoms with E-state index in [1.807, 2.05) is 30.3 Å². The standard InChI is InChI=1S/C11H17O4P/c12-10-16(13,14)8-4-7-15-9-11-5-2-1-3-6-11/h1-3,5-6,12H,4,7-10H2,(H,13,14). The van der Waals surface area contributed by atoms with Crippen molar-refractivity contribution in [2.75, 3.05) is 19.1 Å². The van der Waals surface area contributed by atoms with Gasteiger partial charge in [-0.2, -0.15) is 0 Å². The summed E-state index contributed by atoms with van der Waals surface area (Å²) < 4.78 is 16.4. The van der Waals surface area contributed by atoms with Crippen LogP contribution in [0.3, 0.4) is 0 Å². The summed E-state index contributed by atoms with van der Waals surface area (Å²) in [5, 5.41) is 8.57. The van der Waals surface area contributed by atoms with Gasteiger partial charge < -0.3 is 14.7 Å². The average molecular weight is 244 g/mol. The van der Waals surface area contributed by atoms with Crippen LogP contribution < -0.4 is 0 Å². The van der Waals surface area contributed by atoms with Gasteiger partial charge in [0.05, 0.1) is 6.61 Å². The quantitative estimate of drug-likeness (QED) is 0.567. The highest BCUT2D eigenvalue weighted by Gasteiger charge is 2.14. The van der Waals surface area contributed by atoms with Crippen molar-refractivity contribution in [1.29, 1.82) is 0 Å². The molecule has 90 valence electrons. The lowest BCUT2D eigenvalue weighted by Gasteiger charge is -2.08. The van der Waals surface area contributed by atoms with E-state index in [9.17, 15) is 4.57 Å². The highest BCUT2D eigenvalue weighted by atomic mass is 31.2. The van der Waals surface area contributed by atoms with Gasteiger partial charge in [0.2, 0.25) is 7.37 Å². The van der Waals surface area contributed by atoms with Crippen LogP contribution >= 0.6 is 7.37 Å². The van der Waals surface area contributed by atoms with Gasteiger partial charge in [0, 0.05) is 12.8 Å². The van der Waals surface area contributed by atoms with Crippen LogP contribution in [-0.2, 0) is 15.9 Å². The van der Waals surface area contributed by atoms with Crippen molar-refractivity contribution in [3.63, 3.8) is 0 Å². The molecule has 1 aromatic carbocycles. The van der Waals surface area contributed by atoms with E-state index in [-0.39, 0.29) is 6.16 Å². The first kappa shape index (κ1) is 13.4. The molecule has 1 atom stereocenters. The Morgan fingerprint density at radius 3 is 2.56 bits per heavy atom. The number of rotatable bonds is 7.